The lowest BCUT2D eigenvalue weighted by Crippen LogP contribution is -2.04. The molecule has 0 saturated carbocycles. The smallest absolute Gasteiger partial charge is 0.196 e. The number of rotatable bonds is 3. The number of phenolic OH excluding ortho intramolecular Hbond substituents is 2. The van der Waals surface area contributed by atoms with Crippen molar-refractivity contribution >= 4 is 11.6 Å². The molecular weight excluding hydrogens is 244 g/mol. The summed E-state index contributed by atoms with van der Waals surface area (Å²) in [7, 11) is 0. The lowest BCUT2D eigenvalue weighted by Gasteiger charge is -2.09. The molecule has 4 nitrogen and oxygen atoms in total. The summed E-state index contributed by atoms with van der Waals surface area (Å²) < 4.78 is 0. The highest BCUT2D eigenvalue weighted by Gasteiger charge is 2.20. The molecule has 96 valence electrons. The van der Waals surface area contributed by atoms with Crippen LogP contribution in [0.5, 0.6) is 11.5 Å². The lowest BCUT2D eigenvalue weighted by molar-refractivity contribution is 0.101. The molecule has 0 atom stereocenters. The van der Waals surface area contributed by atoms with E-state index in [1.165, 1.54) is 19.1 Å². The molecule has 0 radical (unpaired) electrons. The molecule has 0 aliphatic rings. The second-order valence-corrected chi connectivity index (χ2v) is 4.11. The first-order valence-corrected chi connectivity index (χ1v) is 5.68. The second-order valence-electron chi connectivity index (χ2n) is 4.11. The molecule has 0 aliphatic heterocycles. The molecule has 4 heteroatoms. The molecule has 2 aromatic carbocycles. The molecule has 0 fully saturated rings. The summed E-state index contributed by atoms with van der Waals surface area (Å²) in [6, 6.07) is 10.9. The fourth-order valence-corrected chi connectivity index (χ4v) is 1.86. The van der Waals surface area contributed by atoms with Crippen molar-refractivity contribution in [3.63, 3.8) is 0 Å². The van der Waals surface area contributed by atoms with Gasteiger partial charge in [0.2, 0.25) is 0 Å². The van der Waals surface area contributed by atoms with Crippen molar-refractivity contribution in [2.24, 2.45) is 0 Å². The number of phenols is 2. The van der Waals surface area contributed by atoms with Crippen LogP contribution in [-0.2, 0) is 0 Å². The van der Waals surface area contributed by atoms with Gasteiger partial charge in [0.15, 0.2) is 11.6 Å². The van der Waals surface area contributed by atoms with E-state index >= 15 is 0 Å². The normalized spacial score (nSPS) is 10.2. The first-order valence-electron chi connectivity index (χ1n) is 5.68. The number of Topliss-reactive ketones (excluding diaryl/α,β-unsaturated/α-hetero) is 1. The zero-order chi connectivity index (χ0) is 14.0. The molecule has 0 spiro atoms. The standard InChI is InChI=1S/C15H12O4/c1-9(16)13-12(17)8-7-11(15(13)19)14(18)10-5-3-2-4-6-10/h2-8,17,19H,1H3. The van der Waals surface area contributed by atoms with Crippen LogP contribution < -0.4 is 0 Å². The number of hydrogen-bond acceptors (Lipinski definition) is 4. The maximum absolute atomic E-state index is 12.2. The van der Waals surface area contributed by atoms with E-state index in [1.807, 2.05) is 0 Å². The molecule has 0 aromatic heterocycles. The third-order valence-corrected chi connectivity index (χ3v) is 2.79. The molecule has 0 heterocycles. The number of carbonyl (C=O) groups is 2. The summed E-state index contributed by atoms with van der Waals surface area (Å²) in [5.41, 5.74) is 0.161. The summed E-state index contributed by atoms with van der Waals surface area (Å²) >= 11 is 0. The van der Waals surface area contributed by atoms with Crippen LogP contribution in [0.4, 0.5) is 0 Å². The highest BCUT2D eigenvalue weighted by Crippen LogP contribution is 2.32. The van der Waals surface area contributed by atoms with Crippen LogP contribution in [0.2, 0.25) is 0 Å². The van der Waals surface area contributed by atoms with E-state index in [2.05, 4.69) is 0 Å². The van der Waals surface area contributed by atoms with E-state index in [0.29, 0.717) is 5.56 Å². The van der Waals surface area contributed by atoms with Gasteiger partial charge in [-0.05, 0) is 19.1 Å². The SMILES string of the molecule is CC(=O)c1c(O)ccc(C(=O)c2ccccc2)c1O. The minimum atomic E-state index is -0.502. The van der Waals surface area contributed by atoms with Crippen molar-refractivity contribution in [1.29, 1.82) is 0 Å². The van der Waals surface area contributed by atoms with E-state index in [0.717, 1.165) is 0 Å². The van der Waals surface area contributed by atoms with Crippen molar-refractivity contribution in [3.8, 4) is 11.5 Å². The summed E-state index contributed by atoms with van der Waals surface area (Å²) in [6.07, 6.45) is 0. The van der Waals surface area contributed by atoms with Crippen LogP contribution in [0.15, 0.2) is 42.5 Å². The zero-order valence-electron chi connectivity index (χ0n) is 10.3. The Morgan fingerprint density at radius 3 is 2.16 bits per heavy atom. The number of carbonyl (C=O) groups excluding carboxylic acids is 2. The average Bonchev–Trinajstić information content (AvgIpc) is 2.39. The van der Waals surface area contributed by atoms with Crippen LogP contribution in [0.25, 0.3) is 0 Å². The Balaban J connectivity index is 2.56. The summed E-state index contributed by atoms with van der Waals surface area (Å²) in [5.74, 6) is -1.73. The van der Waals surface area contributed by atoms with Gasteiger partial charge in [0.05, 0.1) is 5.56 Å². The van der Waals surface area contributed by atoms with E-state index in [1.54, 1.807) is 30.3 Å². The fourth-order valence-electron chi connectivity index (χ4n) is 1.86. The maximum atomic E-state index is 12.2. The van der Waals surface area contributed by atoms with Gasteiger partial charge >= 0.3 is 0 Å². The van der Waals surface area contributed by atoms with Crippen LogP contribution in [0.1, 0.15) is 33.2 Å². The van der Waals surface area contributed by atoms with Crippen molar-refractivity contribution in [1.82, 2.24) is 0 Å². The summed E-state index contributed by atoms with van der Waals surface area (Å²) in [6.45, 7) is 1.21. The van der Waals surface area contributed by atoms with E-state index in [9.17, 15) is 19.8 Å². The molecule has 0 aliphatic carbocycles. The topological polar surface area (TPSA) is 74.6 Å². The number of aromatic hydroxyl groups is 2. The van der Waals surface area contributed by atoms with Gasteiger partial charge < -0.3 is 10.2 Å². The van der Waals surface area contributed by atoms with Gasteiger partial charge in [0.1, 0.15) is 17.1 Å². The molecule has 19 heavy (non-hydrogen) atoms. The van der Waals surface area contributed by atoms with Gasteiger partial charge in [-0.25, -0.2) is 0 Å². The van der Waals surface area contributed by atoms with E-state index < -0.39 is 17.3 Å². The molecule has 0 saturated heterocycles. The second kappa shape index (κ2) is 4.94. The molecule has 2 aromatic rings. The van der Waals surface area contributed by atoms with Crippen LogP contribution >= 0.6 is 0 Å². The first-order chi connectivity index (χ1) is 9.02. The first kappa shape index (κ1) is 12.8. The minimum absolute atomic E-state index is 0.00537. The van der Waals surface area contributed by atoms with Crippen LogP contribution in [-0.4, -0.2) is 21.8 Å². The third kappa shape index (κ3) is 2.33. The zero-order valence-corrected chi connectivity index (χ0v) is 10.3. The Labute approximate surface area is 109 Å². The van der Waals surface area contributed by atoms with Crippen LogP contribution in [0, 0.1) is 0 Å². The van der Waals surface area contributed by atoms with E-state index in [-0.39, 0.29) is 16.9 Å². The molecule has 0 amide bonds. The number of hydrogen-bond donors (Lipinski definition) is 2. The number of ketones is 2. The van der Waals surface area contributed by atoms with Gasteiger partial charge in [-0.2, -0.15) is 0 Å². The molecule has 2 rings (SSSR count). The number of benzene rings is 2. The Bertz CT molecular complexity index is 645. The van der Waals surface area contributed by atoms with Crippen molar-refractivity contribution in [2.75, 3.05) is 0 Å². The fraction of sp³-hybridized carbons (Fsp3) is 0.0667. The van der Waals surface area contributed by atoms with Crippen LogP contribution in [0.3, 0.4) is 0 Å². The molecule has 0 unspecified atom stereocenters. The molecular formula is C15H12O4. The third-order valence-electron chi connectivity index (χ3n) is 2.79. The van der Waals surface area contributed by atoms with Crippen molar-refractivity contribution in [2.45, 2.75) is 6.92 Å². The van der Waals surface area contributed by atoms with Gasteiger partial charge in [-0.3, -0.25) is 9.59 Å². The lowest BCUT2D eigenvalue weighted by atomic mass is 9.98. The maximum Gasteiger partial charge on any atom is 0.196 e. The Morgan fingerprint density at radius 2 is 1.58 bits per heavy atom. The molecule has 2 N–H and O–H groups in total. The van der Waals surface area contributed by atoms with E-state index in [4.69, 9.17) is 0 Å². The van der Waals surface area contributed by atoms with Gasteiger partial charge in [0.25, 0.3) is 0 Å². The Morgan fingerprint density at radius 1 is 0.947 bits per heavy atom. The predicted molar refractivity (Wildman–Crippen MR) is 69.7 cm³/mol. The predicted octanol–water partition coefficient (Wildman–Crippen LogP) is 2.53. The quantitative estimate of drug-likeness (QED) is 0.827. The monoisotopic (exact) mass is 256 g/mol. The van der Waals surface area contributed by atoms with Gasteiger partial charge in [-0.15, -0.1) is 0 Å². The van der Waals surface area contributed by atoms with Gasteiger partial charge in [0, 0.05) is 5.56 Å². The highest BCUT2D eigenvalue weighted by molar-refractivity contribution is 6.13. The highest BCUT2D eigenvalue weighted by atomic mass is 16.3. The summed E-state index contributed by atoms with van der Waals surface area (Å²) in [4.78, 5) is 23.6. The minimum Gasteiger partial charge on any atom is -0.507 e. The molecule has 0 bridgehead atoms. The van der Waals surface area contributed by atoms with Crippen molar-refractivity contribution < 1.29 is 19.8 Å². The van der Waals surface area contributed by atoms with Gasteiger partial charge in [-0.1, -0.05) is 30.3 Å². The Hall–Kier alpha value is -2.62. The summed E-state index contributed by atoms with van der Waals surface area (Å²) in [5, 5.41) is 19.5. The Kier molecular flexibility index (Phi) is 3.33. The average molecular weight is 256 g/mol. The largest absolute Gasteiger partial charge is 0.507 e. The van der Waals surface area contributed by atoms with Crippen molar-refractivity contribution in [3.05, 3.63) is 59.2 Å².